The molecule has 1 aromatic heterocycles. The van der Waals surface area contributed by atoms with Gasteiger partial charge in [-0.2, -0.15) is 0 Å². The van der Waals surface area contributed by atoms with Gasteiger partial charge in [0.1, 0.15) is 0 Å². The molecule has 1 unspecified atom stereocenters. The Bertz CT molecular complexity index is 755. The molecule has 0 spiro atoms. The zero-order valence-electron chi connectivity index (χ0n) is 14.4. The molecule has 2 saturated heterocycles. The summed E-state index contributed by atoms with van der Waals surface area (Å²) in [4.78, 5) is 16.9. The lowest BCUT2D eigenvalue weighted by molar-refractivity contribution is -0.178. The Morgan fingerprint density at radius 1 is 1.31 bits per heavy atom. The molecular weight excluding hydrogens is 372 g/mol. The number of benzene rings is 1. The van der Waals surface area contributed by atoms with E-state index in [1.165, 1.54) is 0 Å². The first kappa shape index (κ1) is 18.2. The molecule has 1 atom stereocenters. The summed E-state index contributed by atoms with van der Waals surface area (Å²) in [7, 11) is 0. The first-order chi connectivity index (χ1) is 12.8. The average Bonchev–Trinajstić information content (AvgIpc) is 3.32. The van der Waals surface area contributed by atoms with E-state index < -0.39 is 0 Å². The fourth-order valence-corrected chi connectivity index (χ4v) is 5.11. The largest absolute Gasteiger partial charge is 0.381 e. The number of anilines is 1. The molecule has 2 fully saturated rings. The minimum absolute atomic E-state index is 0.0356. The number of aromatic nitrogens is 1. The van der Waals surface area contributed by atoms with Crippen molar-refractivity contribution >= 4 is 44.9 Å². The van der Waals surface area contributed by atoms with E-state index in [0.29, 0.717) is 13.2 Å². The molecule has 26 heavy (non-hydrogen) atoms. The van der Waals surface area contributed by atoms with Crippen molar-refractivity contribution in [2.24, 2.45) is 5.92 Å². The van der Waals surface area contributed by atoms with Gasteiger partial charge in [-0.1, -0.05) is 11.8 Å². The maximum Gasteiger partial charge on any atom is 0.229 e. The highest BCUT2D eigenvalue weighted by atomic mass is 32.2. The van der Waals surface area contributed by atoms with E-state index in [1.807, 2.05) is 18.2 Å². The van der Waals surface area contributed by atoms with Crippen LogP contribution in [-0.4, -0.2) is 49.4 Å². The number of thioether (sulfide) groups is 1. The fourth-order valence-electron chi connectivity index (χ4n) is 2.97. The molecule has 0 saturated carbocycles. The van der Waals surface area contributed by atoms with Gasteiger partial charge in [-0.15, -0.1) is 11.3 Å². The second-order valence-corrected chi connectivity index (χ2v) is 8.75. The third-order valence-electron chi connectivity index (χ3n) is 4.41. The standard InChI is InChI=1S/C18H22N2O4S2/c21-17(12-4-8-22-11-12)19-13-2-3-14-15(10-13)26-18(20-14)25-9-5-16-23-6-1-7-24-16/h2-3,10,12,16H,1,4-9,11H2,(H,19,21). The second-order valence-electron chi connectivity index (χ2n) is 6.37. The van der Waals surface area contributed by atoms with Crippen molar-refractivity contribution in [3.8, 4) is 0 Å². The van der Waals surface area contributed by atoms with E-state index in [-0.39, 0.29) is 18.1 Å². The normalized spacial score (nSPS) is 21.3. The highest BCUT2D eigenvalue weighted by Crippen LogP contribution is 2.32. The lowest BCUT2D eigenvalue weighted by Gasteiger charge is -2.22. The van der Waals surface area contributed by atoms with Gasteiger partial charge in [-0.05, 0) is 31.0 Å². The molecule has 8 heteroatoms. The molecule has 0 radical (unpaired) electrons. The van der Waals surface area contributed by atoms with Gasteiger partial charge in [0.25, 0.3) is 0 Å². The molecule has 2 aliphatic heterocycles. The highest BCUT2D eigenvalue weighted by molar-refractivity contribution is 8.01. The Morgan fingerprint density at radius 3 is 3.00 bits per heavy atom. The summed E-state index contributed by atoms with van der Waals surface area (Å²) in [5, 5.41) is 2.99. The van der Waals surface area contributed by atoms with Crippen LogP contribution in [0.1, 0.15) is 19.3 Å². The molecule has 1 aromatic carbocycles. The topological polar surface area (TPSA) is 69.7 Å². The molecule has 1 N–H and O–H groups in total. The first-order valence-corrected chi connectivity index (χ1v) is 10.7. The number of fused-ring (bicyclic) bond motifs is 1. The maximum atomic E-state index is 12.2. The lowest BCUT2D eigenvalue weighted by Crippen LogP contribution is -2.25. The van der Waals surface area contributed by atoms with Crippen LogP contribution >= 0.6 is 23.1 Å². The lowest BCUT2D eigenvalue weighted by atomic mass is 10.1. The summed E-state index contributed by atoms with van der Waals surface area (Å²) in [6.45, 7) is 2.77. The van der Waals surface area contributed by atoms with Crippen LogP contribution in [0.5, 0.6) is 0 Å². The number of nitrogens with zero attached hydrogens (tertiary/aromatic N) is 1. The number of hydrogen-bond donors (Lipinski definition) is 1. The van der Waals surface area contributed by atoms with Crippen molar-refractivity contribution in [2.45, 2.75) is 29.9 Å². The predicted molar refractivity (Wildman–Crippen MR) is 103 cm³/mol. The Morgan fingerprint density at radius 2 is 2.19 bits per heavy atom. The predicted octanol–water partition coefficient (Wildman–Crippen LogP) is 3.52. The van der Waals surface area contributed by atoms with Gasteiger partial charge in [-0.3, -0.25) is 4.79 Å². The van der Waals surface area contributed by atoms with Crippen molar-refractivity contribution in [1.29, 1.82) is 0 Å². The van der Waals surface area contributed by atoms with Crippen molar-refractivity contribution < 1.29 is 19.0 Å². The minimum atomic E-state index is -0.0768. The zero-order valence-corrected chi connectivity index (χ0v) is 16.1. The molecule has 140 valence electrons. The molecular formula is C18H22N2O4S2. The van der Waals surface area contributed by atoms with Crippen LogP contribution in [0.15, 0.2) is 22.5 Å². The molecule has 2 aromatic rings. The second kappa shape index (κ2) is 8.67. The Hall–Kier alpha value is -1.19. The van der Waals surface area contributed by atoms with E-state index in [0.717, 1.165) is 58.5 Å². The van der Waals surface area contributed by atoms with Crippen LogP contribution in [0.25, 0.3) is 10.2 Å². The Labute approximate surface area is 160 Å². The number of nitrogens with one attached hydrogen (secondary N) is 1. The van der Waals surface area contributed by atoms with Gasteiger partial charge in [0, 0.05) is 24.5 Å². The van der Waals surface area contributed by atoms with Crippen LogP contribution in [0.3, 0.4) is 0 Å². The van der Waals surface area contributed by atoms with Crippen LogP contribution in [-0.2, 0) is 19.0 Å². The Kier molecular flexibility index (Phi) is 6.06. The van der Waals surface area contributed by atoms with Gasteiger partial charge in [-0.25, -0.2) is 4.98 Å². The zero-order chi connectivity index (χ0) is 17.8. The average molecular weight is 395 g/mol. The van der Waals surface area contributed by atoms with Crippen LogP contribution in [0, 0.1) is 5.92 Å². The summed E-state index contributed by atoms with van der Waals surface area (Å²) >= 11 is 3.38. The number of ether oxygens (including phenoxy) is 3. The SMILES string of the molecule is O=C(Nc1ccc2nc(SCCC3OCCCO3)sc2c1)C1CCOC1. The van der Waals surface area contributed by atoms with Crippen molar-refractivity contribution in [2.75, 3.05) is 37.5 Å². The molecule has 0 bridgehead atoms. The quantitative estimate of drug-likeness (QED) is 0.756. The van der Waals surface area contributed by atoms with Crippen LogP contribution in [0.4, 0.5) is 5.69 Å². The first-order valence-electron chi connectivity index (χ1n) is 8.93. The number of amides is 1. The maximum absolute atomic E-state index is 12.2. The molecule has 1 amide bonds. The summed E-state index contributed by atoms with van der Waals surface area (Å²) in [6, 6.07) is 5.87. The molecule has 3 heterocycles. The van der Waals surface area contributed by atoms with E-state index in [4.69, 9.17) is 14.2 Å². The summed E-state index contributed by atoms with van der Waals surface area (Å²) < 4.78 is 18.5. The van der Waals surface area contributed by atoms with E-state index >= 15 is 0 Å². The van der Waals surface area contributed by atoms with Crippen molar-refractivity contribution in [1.82, 2.24) is 4.98 Å². The molecule has 2 aliphatic rings. The van der Waals surface area contributed by atoms with E-state index in [1.54, 1.807) is 23.1 Å². The molecule has 4 rings (SSSR count). The number of thiazole rings is 1. The van der Waals surface area contributed by atoms with E-state index in [9.17, 15) is 4.79 Å². The summed E-state index contributed by atoms with van der Waals surface area (Å²) in [6.07, 6.45) is 2.57. The fraction of sp³-hybridized carbons (Fsp3) is 0.556. The van der Waals surface area contributed by atoms with E-state index in [2.05, 4.69) is 10.3 Å². The highest BCUT2D eigenvalue weighted by Gasteiger charge is 2.23. The summed E-state index contributed by atoms with van der Waals surface area (Å²) in [5.41, 5.74) is 1.78. The van der Waals surface area contributed by atoms with Crippen molar-refractivity contribution in [3.63, 3.8) is 0 Å². The monoisotopic (exact) mass is 394 g/mol. The van der Waals surface area contributed by atoms with Gasteiger partial charge < -0.3 is 19.5 Å². The van der Waals surface area contributed by atoms with Crippen LogP contribution in [0.2, 0.25) is 0 Å². The number of carbonyl (C=O) groups is 1. The number of hydrogen-bond acceptors (Lipinski definition) is 7. The van der Waals surface area contributed by atoms with Crippen molar-refractivity contribution in [3.05, 3.63) is 18.2 Å². The van der Waals surface area contributed by atoms with Crippen LogP contribution < -0.4 is 5.32 Å². The van der Waals surface area contributed by atoms with Gasteiger partial charge in [0.15, 0.2) is 10.6 Å². The smallest absolute Gasteiger partial charge is 0.229 e. The van der Waals surface area contributed by atoms with Gasteiger partial charge in [0.05, 0.1) is 36.0 Å². The van der Waals surface area contributed by atoms with Gasteiger partial charge >= 0.3 is 0 Å². The summed E-state index contributed by atoms with van der Waals surface area (Å²) in [5.74, 6) is 0.909. The number of rotatable bonds is 6. The molecule has 6 nitrogen and oxygen atoms in total. The number of carbonyl (C=O) groups excluding carboxylic acids is 1. The third-order valence-corrected chi connectivity index (χ3v) is 6.61. The van der Waals surface area contributed by atoms with Gasteiger partial charge in [0.2, 0.25) is 5.91 Å². The molecule has 0 aliphatic carbocycles. The Balaban J connectivity index is 1.33. The third kappa shape index (κ3) is 4.55. The minimum Gasteiger partial charge on any atom is -0.381 e.